The van der Waals surface area contributed by atoms with Crippen LogP contribution in [0.15, 0.2) is 18.2 Å². The van der Waals surface area contributed by atoms with Crippen molar-refractivity contribution >= 4 is 0 Å². The zero-order valence-electron chi connectivity index (χ0n) is 11.4. The fourth-order valence-electron chi connectivity index (χ4n) is 1.72. The quantitative estimate of drug-likeness (QED) is 0.723. The molecule has 1 aromatic carbocycles. The molecule has 0 aromatic heterocycles. The van der Waals surface area contributed by atoms with E-state index in [1.807, 2.05) is 4.90 Å². The van der Waals surface area contributed by atoms with Gasteiger partial charge in [-0.3, -0.25) is 4.90 Å². The highest BCUT2D eigenvalue weighted by Gasteiger charge is 2.10. The molecule has 0 aliphatic carbocycles. The number of ether oxygens (including phenoxy) is 2. The first-order chi connectivity index (χ1) is 9.21. The Morgan fingerprint density at radius 1 is 1.32 bits per heavy atom. The summed E-state index contributed by atoms with van der Waals surface area (Å²) in [6.07, 6.45) is 0.418. The molecule has 0 heterocycles. The fourth-order valence-corrected chi connectivity index (χ4v) is 1.72. The second-order valence-electron chi connectivity index (χ2n) is 4.13. The van der Waals surface area contributed by atoms with Crippen molar-refractivity contribution in [1.29, 1.82) is 5.26 Å². The van der Waals surface area contributed by atoms with E-state index in [1.54, 1.807) is 19.2 Å². The lowest BCUT2D eigenvalue weighted by atomic mass is 10.2. The van der Waals surface area contributed by atoms with Crippen molar-refractivity contribution in [2.24, 2.45) is 0 Å². The van der Waals surface area contributed by atoms with Gasteiger partial charge in [-0.25, -0.2) is 4.39 Å². The summed E-state index contributed by atoms with van der Waals surface area (Å²) in [5.41, 5.74) is 0.592. The van der Waals surface area contributed by atoms with Gasteiger partial charge in [-0.1, -0.05) is 6.07 Å². The van der Waals surface area contributed by atoms with Crippen LogP contribution in [0.5, 0.6) is 5.75 Å². The Morgan fingerprint density at radius 2 is 2.11 bits per heavy atom. The van der Waals surface area contributed by atoms with Crippen LogP contribution < -0.4 is 4.74 Å². The van der Waals surface area contributed by atoms with Crippen molar-refractivity contribution in [2.75, 3.05) is 33.9 Å². The van der Waals surface area contributed by atoms with Crippen LogP contribution in [-0.2, 0) is 11.3 Å². The molecule has 0 saturated carbocycles. The van der Waals surface area contributed by atoms with Gasteiger partial charge < -0.3 is 9.47 Å². The largest absolute Gasteiger partial charge is 0.497 e. The molecule has 0 amide bonds. The Balaban J connectivity index is 2.69. The minimum absolute atomic E-state index is 0.293. The molecule has 1 rings (SSSR count). The molecular weight excluding hydrogens is 247 g/mol. The minimum Gasteiger partial charge on any atom is -0.497 e. The van der Waals surface area contributed by atoms with E-state index >= 15 is 0 Å². The Kier molecular flexibility index (Phi) is 6.86. The molecular formula is C14H19FN2O2. The van der Waals surface area contributed by atoms with Crippen molar-refractivity contribution in [3.63, 3.8) is 0 Å². The molecule has 104 valence electrons. The van der Waals surface area contributed by atoms with E-state index in [2.05, 4.69) is 6.07 Å². The summed E-state index contributed by atoms with van der Waals surface area (Å²) in [6.45, 7) is 2.29. The molecule has 0 atom stereocenters. The highest BCUT2D eigenvalue weighted by molar-refractivity contribution is 5.28. The van der Waals surface area contributed by atoms with Crippen LogP contribution >= 0.6 is 0 Å². The number of benzene rings is 1. The molecule has 0 spiro atoms. The molecule has 0 N–H and O–H groups in total. The maximum Gasteiger partial charge on any atom is 0.131 e. The second-order valence-corrected chi connectivity index (χ2v) is 4.13. The van der Waals surface area contributed by atoms with Crippen molar-refractivity contribution < 1.29 is 13.9 Å². The molecule has 0 aliphatic heterocycles. The molecule has 0 aliphatic rings. The average molecular weight is 266 g/mol. The van der Waals surface area contributed by atoms with Crippen LogP contribution in [0, 0.1) is 17.1 Å². The van der Waals surface area contributed by atoms with Gasteiger partial charge in [-0.2, -0.15) is 5.26 Å². The normalized spacial score (nSPS) is 10.5. The van der Waals surface area contributed by atoms with E-state index in [1.165, 1.54) is 13.2 Å². The molecule has 0 saturated heterocycles. The lowest BCUT2D eigenvalue weighted by molar-refractivity contribution is 0.144. The van der Waals surface area contributed by atoms with Gasteiger partial charge in [0.15, 0.2) is 0 Å². The molecule has 4 nitrogen and oxygen atoms in total. The molecule has 19 heavy (non-hydrogen) atoms. The van der Waals surface area contributed by atoms with Gasteiger partial charge in [0, 0.05) is 44.8 Å². The van der Waals surface area contributed by atoms with E-state index in [0.717, 1.165) is 0 Å². The van der Waals surface area contributed by atoms with E-state index in [9.17, 15) is 4.39 Å². The van der Waals surface area contributed by atoms with Gasteiger partial charge in [0.2, 0.25) is 0 Å². The summed E-state index contributed by atoms with van der Waals surface area (Å²) < 4.78 is 23.8. The first-order valence-corrected chi connectivity index (χ1v) is 6.12. The number of methoxy groups -OCH3 is 2. The summed E-state index contributed by atoms with van der Waals surface area (Å²) in [5.74, 6) is 0.209. The van der Waals surface area contributed by atoms with Crippen LogP contribution in [-0.4, -0.2) is 38.8 Å². The lowest BCUT2D eigenvalue weighted by Crippen LogP contribution is -2.28. The third-order valence-corrected chi connectivity index (χ3v) is 2.81. The Morgan fingerprint density at radius 3 is 2.68 bits per heavy atom. The van der Waals surface area contributed by atoms with Gasteiger partial charge >= 0.3 is 0 Å². The van der Waals surface area contributed by atoms with Crippen molar-refractivity contribution in [3.8, 4) is 11.8 Å². The first kappa shape index (κ1) is 15.4. The van der Waals surface area contributed by atoms with Gasteiger partial charge in [-0.15, -0.1) is 0 Å². The van der Waals surface area contributed by atoms with Crippen molar-refractivity contribution in [1.82, 2.24) is 4.90 Å². The van der Waals surface area contributed by atoms with Crippen molar-refractivity contribution in [3.05, 3.63) is 29.6 Å². The lowest BCUT2D eigenvalue weighted by Gasteiger charge is -2.21. The standard InChI is InChI=1S/C14H19FN2O2/c1-18-9-8-17(7-3-6-16)11-12-4-5-13(19-2)10-14(12)15/h4-5,10H,3,7-9,11H2,1-2H3. The predicted octanol–water partition coefficient (Wildman–Crippen LogP) is 2.20. The van der Waals surface area contributed by atoms with Gasteiger partial charge in [0.05, 0.1) is 19.8 Å². The summed E-state index contributed by atoms with van der Waals surface area (Å²) in [6, 6.07) is 6.91. The minimum atomic E-state index is -0.293. The SMILES string of the molecule is COCCN(CCC#N)Cc1ccc(OC)cc1F. The zero-order valence-corrected chi connectivity index (χ0v) is 11.4. The van der Waals surface area contributed by atoms with Crippen LogP contribution in [0.1, 0.15) is 12.0 Å². The molecule has 0 bridgehead atoms. The number of hydrogen-bond donors (Lipinski definition) is 0. The summed E-state index contributed by atoms with van der Waals surface area (Å²) in [7, 11) is 3.13. The Labute approximate surface area is 113 Å². The van der Waals surface area contributed by atoms with E-state index in [4.69, 9.17) is 14.7 Å². The molecule has 0 radical (unpaired) electrons. The molecule has 0 unspecified atom stereocenters. The Hall–Kier alpha value is -1.64. The summed E-state index contributed by atoms with van der Waals surface area (Å²) in [5, 5.41) is 8.63. The fraction of sp³-hybridized carbons (Fsp3) is 0.500. The Bertz CT molecular complexity index is 432. The average Bonchev–Trinajstić information content (AvgIpc) is 2.43. The van der Waals surface area contributed by atoms with Crippen molar-refractivity contribution in [2.45, 2.75) is 13.0 Å². The topological polar surface area (TPSA) is 45.5 Å². The second kappa shape index (κ2) is 8.46. The third-order valence-electron chi connectivity index (χ3n) is 2.81. The molecule has 0 fully saturated rings. The van der Waals surface area contributed by atoms with Gasteiger partial charge in [-0.05, 0) is 6.07 Å². The first-order valence-electron chi connectivity index (χ1n) is 6.12. The number of nitriles is 1. The van der Waals surface area contributed by atoms with Crippen LogP contribution in [0.2, 0.25) is 0 Å². The van der Waals surface area contributed by atoms with E-state index in [0.29, 0.717) is 44.0 Å². The number of hydrogen-bond acceptors (Lipinski definition) is 4. The van der Waals surface area contributed by atoms with Crippen LogP contribution in [0.3, 0.4) is 0 Å². The smallest absolute Gasteiger partial charge is 0.131 e. The number of rotatable bonds is 8. The van der Waals surface area contributed by atoms with Gasteiger partial charge in [0.25, 0.3) is 0 Å². The highest BCUT2D eigenvalue weighted by Crippen LogP contribution is 2.17. The summed E-state index contributed by atoms with van der Waals surface area (Å²) in [4.78, 5) is 2.00. The maximum atomic E-state index is 13.8. The molecule has 5 heteroatoms. The van der Waals surface area contributed by atoms with E-state index < -0.39 is 0 Å². The van der Waals surface area contributed by atoms with Gasteiger partial charge in [0.1, 0.15) is 11.6 Å². The zero-order chi connectivity index (χ0) is 14.1. The maximum absolute atomic E-state index is 13.8. The third kappa shape index (κ3) is 5.25. The van der Waals surface area contributed by atoms with Crippen LogP contribution in [0.25, 0.3) is 0 Å². The predicted molar refractivity (Wildman–Crippen MR) is 70.3 cm³/mol. The monoisotopic (exact) mass is 266 g/mol. The summed E-state index contributed by atoms with van der Waals surface area (Å²) >= 11 is 0. The van der Waals surface area contributed by atoms with Crippen LogP contribution in [0.4, 0.5) is 4.39 Å². The number of nitrogens with zero attached hydrogens (tertiary/aromatic N) is 2. The molecule has 1 aromatic rings. The number of halogens is 1. The van der Waals surface area contributed by atoms with E-state index in [-0.39, 0.29) is 5.82 Å². The highest BCUT2D eigenvalue weighted by atomic mass is 19.1.